The first-order chi connectivity index (χ1) is 16.4. The lowest BCUT2D eigenvalue weighted by Crippen LogP contribution is -2.63. The predicted molar refractivity (Wildman–Crippen MR) is 125 cm³/mol. The lowest BCUT2D eigenvalue weighted by molar-refractivity contribution is -0.145. The second-order valence-electron chi connectivity index (χ2n) is 7.81. The molecule has 0 unspecified atom stereocenters. The van der Waals surface area contributed by atoms with E-state index in [1.54, 1.807) is 24.3 Å². The number of esters is 1. The minimum Gasteiger partial charge on any atom is -0.467 e. The van der Waals surface area contributed by atoms with E-state index in [0.29, 0.717) is 11.3 Å². The Balaban J connectivity index is 1.53. The molecule has 1 fully saturated rings. The smallest absolute Gasteiger partial charge is 0.328 e. The maximum absolute atomic E-state index is 12.6. The number of hydrogen-bond donors (Lipinski definition) is 3. The Morgan fingerprint density at radius 3 is 2.21 bits per heavy atom. The highest BCUT2D eigenvalue weighted by Gasteiger charge is 2.35. The van der Waals surface area contributed by atoms with Crippen LogP contribution in [0.3, 0.4) is 0 Å². The number of carbonyl (C=O) groups excluding carboxylic acids is 4. The molecule has 0 aliphatic carbocycles. The summed E-state index contributed by atoms with van der Waals surface area (Å²) in [6, 6.07) is 15.2. The minimum atomic E-state index is -1.36. The van der Waals surface area contributed by atoms with Gasteiger partial charge in [-0.15, -0.1) is 0 Å². The summed E-state index contributed by atoms with van der Waals surface area (Å²) in [5.74, 6) is -2.02. The molecule has 9 nitrogen and oxygen atoms in total. The van der Waals surface area contributed by atoms with Crippen molar-refractivity contribution in [2.24, 2.45) is 0 Å². The van der Waals surface area contributed by atoms with Crippen molar-refractivity contribution in [1.82, 2.24) is 16.0 Å². The Morgan fingerprint density at radius 1 is 0.971 bits per heavy atom. The van der Waals surface area contributed by atoms with E-state index in [2.05, 4.69) is 16.0 Å². The molecule has 10 heteroatoms. The van der Waals surface area contributed by atoms with Gasteiger partial charge in [-0.05, 0) is 24.1 Å². The number of carbonyl (C=O) groups is 4. The van der Waals surface area contributed by atoms with Crippen molar-refractivity contribution >= 4 is 34.5 Å². The number of methoxy groups -OCH3 is 1. The van der Waals surface area contributed by atoms with Crippen LogP contribution >= 0.6 is 0 Å². The summed E-state index contributed by atoms with van der Waals surface area (Å²) >= 11 is 0. The van der Waals surface area contributed by atoms with E-state index in [-0.39, 0.29) is 24.5 Å². The highest BCUT2D eigenvalue weighted by Crippen LogP contribution is 2.11. The molecule has 2 aromatic carbocycles. The van der Waals surface area contributed by atoms with Crippen molar-refractivity contribution in [1.29, 1.82) is 0 Å². The molecule has 1 saturated heterocycles. The molecule has 2 aromatic rings. The normalized spacial score (nSPS) is 19.3. The number of hydrogen-bond acceptors (Lipinski definition) is 6. The molecule has 3 amide bonds. The van der Waals surface area contributed by atoms with Gasteiger partial charge in [0.25, 0.3) is 0 Å². The number of ether oxygens (including phenoxy) is 1. The number of benzene rings is 2. The number of amides is 3. The molecule has 0 saturated carbocycles. The zero-order valence-corrected chi connectivity index (χ0v) is 19.5. The summed E-state index contributed by atoms with van der Waals surface area (Å²) in [4.78, 5) is 50.3. The second-order valence-corrected chi connectivity index (χ2v) is 9.38. The van der Waals surface area contributed by atoms with E-state index in [1.807, 2.05) is 36.4 Å². The van der Waals surface area contributed by atoms with Gasteiger partial charge in [-0.25, -0.2) is 4.79 Å². The van der Waals surface area contributed by atoms with Crippen molar-refractivity contribution in [3.8, 4) is 0 Å². The molecule has 0 aromatic heterocycles. The molecule has 1 aliphatic rings. The lowest BCUT2D eigenvalue weighted by Gasteiger charge is -2.29. The van der Waals surface area contributed by atoms with Gasteiger partial charge < -0.3 is 20.7 Å². The van der Waals surface area contributed by atoms with Gasteiger partial charge in [0.05, 0.1) is 24.3 Å². The van der Waals surface area contributed by atoms with Crippen LogP contribution in [-0.2, 0) is 41.1 Å². The molecule has 4 atom stereocenters. The molecule has 3 rings (SSSR count). The fraction of sp³-hybridized carbons (Fsp3) is 0.333. The Labute approximate surface area is 200 Å². The van der Waals surface area contributed by atoms with E-state index in [0.717, 1.165) is 5.56 Å². The van der Waals surface area contributed by atoms with Crippen LogP contribution < -0.4 is 16.0 Å². The van der Waals surface area contributed by atoms with Crippen molar-refractivity contribution in [2.45, 2.75) is 42.3 Å². The highest BCUT2D eigenvalue weighted by molar-refractivity contribution is 7.85. The van der Waals surface area contributed by atoms with Crippen LogP contribution in [0.1, 0.15) is 18.4 Å². The Kier molecular flexibility index (Phi) is 8.92. The van der Waals surface area contributed by atoms with Crippen molar-refractivity contribution < 1.29 is 28.1 Å². The standard InChI is InChI=1S/C24H27N3O6S/c1-33-24(31)18(12-13-34(32)17-10-6-3-7-11-17)25-21(28)15-20-23(30)26-19(22(29)27-20)14-16-8-4-2-5-9-16/h2-11,18-20H,12-15H2,1H3,(H,25,28)(H,26,30)(H,27,29)/t18-,19+,20+,34-/m1/s1. The molecule has 1 aliphatic heterocycles. The van der Waals surface area contributed by atoms with Gasteiger partial charge in [0.2, 0.25) is 17.7 Å². The van der Waals surface area contributed by atoms with E-state index < -0.39 is 46.7 Å². The van der Waals surface area contributed by atoms with Gasteiger partial charge >= 0.3 is 5.97 Å². The van der Waals surface area contributed by atoms with Crippen molar-refractivity contribution in [3.63, 3.8) is 0 Å². The Hall–Kier alpha value is -3.53. The fourth-order valence-electron chi connectivity index (χ4n) is 3.56. The summed E-state index contributed by atoms with van der Waals surface area (Å²) in [7, 11) is -0.164. The predicted octanol–water partition coefficient (Wildman–Crippen LogP) is 0.458. The molecular weight excluding hydrogens is 458 g/mol. The Bertz CT molecular complexity index is 1050. The van der Waals surface area contributed by atoms with Crippen LogP contribution in [0.5, 0.6) is 0 Å². The van der Waals surface area contributed by atoms with E-state index in [9.17, 15) is 23.4 Å². The first-order valence-electron chi connectivity index (χ1n) is 10.8. The number of piperazine rings is 1. The topological polar surface area (TPSA) is 131 Å². The lowest BCUT2D eigenvalue weighted by atomic mass is 10.0. The van der Waals surface area contributed by atoms with Gasteiger partial charge in [0.15, 0.2) is 0 Å². The average molecular weight is 486 g/mol. The van der Waals surface area contributed by atoms with Crippen LogP contribution in [0.15, 0.2) is 65.6 Å². The molecule has 3 N–H and O–H groups in total. The van der Waals surface area contributed by atoms with Crippen molar-refractivity contribution in [3.05, 3.63) is 66.2 Å². The summed E-state index contributed by atoms with van der Waals surface area (Å²) in [6.07, 6.45) is 0.0769. The molecule has 1 heterocycles. The van der Waals surface area contributed by atoms with E-state index in [1.165, 1.54) is 7.11 Å². The number of rotatable bonds is 10. The van der Waals surface area contributed by atoms with Crippen molar-refractivity contribution in [2.75, 3.05) is 12.9 Å². The maximum Gasteiger partial charge on any atom is 0.328 e. The Morgan fingerprint density at radius 2 is 1.56 bits per heavy atom. The summed E-state index contributed by atoms with van der Waals surface area (Å²) in [5, 5.41) is 7.76. The molecule has 34 heavy (non-hydrogen) atoms. The second kappa shape index (κ2) is 12.1. The van der Waals surface area contributed by atoms with Crippen LogP contribution in [0, 0.1) is 0 Å². The monoisotopic (exact) mass is 485 g/mol. The molecule has 0 radical (unpaired) electrons. The summed E-state index contributed by atoms with van der Waals surface area (Å²) < 4.78 is 17.2. The fourth-order valence-corrected chi connectivity index (χ4v) is 4.70. The molecule has 180 valence electrons. The third kappa shape index (κ3) is 6.98. The highest BCUT2D eigenvalue weighted by atomic mass is 32.2. The first-order valence-corrected chi connectivity index (χ1v) is 12.1. The van der Waals surface area contributed by atoms with E-state index in [4.69, 9.17) is 4.74 Å². The van der Waals surface area contributed by atoms with Gasteiger partial charge in [0, 0.05) is 17.1 Å². The van der Waals surface area contributed by atoms with Gasteiger partial charge in [-0.3, -0.25) is 18.6 Å². The van der Waals surface area contributed by atoms with Crippen LogP contribution in [0.25, 0.3) is 0 Å². The summed E-state index contributed by atoms with van der Waals surface area (Å²) in [6.45, 7) is 0. The van der Waals surface area contributed by atoms with Gasteiger partial charge in [0.1, 0.15) is 18.1 Å². The van der Waals surface area contributed by atoms with Crippen LogP contribution in [0.2, 0.25) is 0 Å². The van der Waals surface area contributed by atoms with Gasteiger partial charge in [-0.1, -0.05) is 48.5 Å². The average Bonchev–Trinajstić information content (AvgIpc) is 2.85. The molecular formula is C24H27N3O6S. The van der Waals surface area contributed by atoms with E-state index >= 15 is 0 Å². The largest absolute Gasteiger partial charge is 0.467 e. The van der Waals surface area contributed by atoms with Gasteiger partial charge in [-0.2, -0.15) is 0 Å². The SMILES string of the molecule is COC(=O)[C@@H](CC[S@@](=O)c1ccccc1)NC(=O)C[C@@H]1NC(=O)[C@H](Cc2ccccc2)NC1=O. The molecule has 0 bridgehead atoms. The quantitative estimate of drug-likeness (QED) is 0.419. The van der Waals surface area contributed by atoms with Crippen LogP contribution in [-0.4, -0.2) is 58.9 Å². The zero-order chi connectivity index (χ0) is 24.5. The number of nitrogens with one attached hydrogen (secondary N) is 3. The third-order valence-electron chi connectivity index (χ3n) is 5.36. The zero-order valence-electron chi connectivity index (χ0n) is 18.7. The maximum atomic E-state index is 12.6. The first kappa shape index (κ1) is 25.1. The summed E-state index contributed by atoms with van der Waals surface area (Å²) in [5.41, 5.74) is 0.896. The minimum absolute atomic E-state index is 0.0856. The molecule has 0 spiro atoms. The van der Waals surface area contributed by atoms with Crippen LogP contribution in [0.4, 0.5) is 0 Å². The third-order valence-corrected chi connectivity index (χ3v) is 6.76.